The van der Waals surface area contributed by atoms with Crippen molar-refractivity contribution in [3.05, 3.63) is 53.6 Å². The molecule has 5 nitrogen and oxygen atoms in total. The van der Waals surface area contributed by atoms with Gasteiger partial charge in [0.25, 0.3) is 0 Å². The zero-order chi connectivity index (χ0) is 19.7. The highest BCUT2D eigenvalue weighted by Crippen LogP contribution is 2.43. The van der Waals surface area contributed by atoms with Crippen LogP contribution in [0, 0.1) is 0 Å². The molecule has 2 aliphatic rings. The van der Waals surface area contributed by atoms with Gasteiger partial charge in [0.05, 0.1) is 20.3 Å². The molecule has 1 saturated heterocycles. The van der Waals surface area contributed by atoms with Gasteiger partial charge in [-0.25, -0.2) is 0 Å². The van der Waals surface area contributed by atoms with Crippen molar-refractivity contribution in [3.8, 4) is 17.2 Å². The number of hydrogen-bond donors (Lipinski definition) is 0. The van der Waals surface area contributed by atoms with E-state index in [-0.39, 0.29) is 17.7 Å². The number of hydrogen-bond acceptors (Lipinski definition) is 5. The average molecular weight is 383 g/mol. The molecule has 4 rings (SSSR count). The lowest BCUT2D eigenvalue weighted by Gasteiger charge is -2.42. The van der Waals surface area contributed by atoms with Crippen LogP contribution in [0.4, 0.5) is 0 Å². The maximum Gasteiger partial charge on any atom is 0.194 e. The predicted molar refractivity (Wildman–Crippen MR) is 108 cm³/mol. The number of fused-ring (bicyclic) bond motifs is 1. The van der Waals surface area contributed by atoms with Crippen LogP contribution in [0.15, 0.2) is 42.5 Å². The molecule has 0 radical (unpaired) electrons. The first kappa shape index (κ1) is 19.1. The molecule has 2 aliphatic heterocycles. The van der Waals surface area contributed by atoms with Crippen molar-refractivity contribution in [1.82, 2.24) is 4.90 Å². The van der Waals surface area contributed by atoms with Crippen LogP contribution in [0.1, 0.15) is 38.0 Å². The normalized spacial score (nSPS) is 22.7. The summed E-state index contributed by atoms with van der Waals surface area (Å²) in [6, 6.07) is 14.3. The molecule has 0 bridgehead atoms. The fourth-order valence-electron chi connectivity index (χ4n) is 3.68. The highest BCUT2D eigenvalue weighted by atomic mass is 16.6. The molecule has 5 heteroatoms. The van der Waals surface area contributed by atoms with Crippen molar-refractivity contribution in [2.45, 2.75) is 38.5 Å². The van der Waals surface area contributed by atoms with Gasteiger partial charge in [0.15, 0.2) is 23.8 Å². The van der Waals surface area contributed by atoms with Gasteiger partial charge < -0.3 is 18.9 Å². The minimum Gasteiger partial charge on any atom is -0.497 e. The lowest BCUT2D eigenvalue weighted by Crippen LogP contribution is -2.51. The summed E-state index contributed by atoms with van der Waals surface area (Å²) >= 11 is 0. The summed E-state index contributed by atoms with van der Waals surface area (Å²) in [5, 5.41) is 0. The molecule has 0 N–H and O–H groups in total. The van der Waals surface area contributed by atoms with E-state index < -0.39 is 0 Å². The molecule has 2 unspecified atom stereocenters. The molecule has 0 amide bonds. The number of nitrogens with zero attached hydrogens (tertiary/aromatic N) is 1. The van der Waals surface area contributed by atoms with Gasteiger partial charge >= 0.3 is 0 Å². The molecule has 2 aromatic carbocycles. The predicted octanol–water partition coefficient (Wildman–Crippen LogP) is 4.16. The number of morpholine rings is 1. The molecular weight excluding hydrogens is 354 g/mol. The molecule has 0 aliphatic carbocycles. The van der Waals surface area contributed by atoms with Crippen molar-refractivity contribution in [2.24, 2.45) is 0 Å². The molecule has 28 heavy (non-hydrogen) atoms. The Balaban J connectivity index is 1.69. The minimum absolute atomic E-state index is 0.0507. The van der Waals surface area contributed by atoms with Crippen LogP contribution >= 0.6 is 0 Å². The van der Waals surface area contributed by atoms with Crippen LogP contribution in [0.3, 0.4) is 0 Å². The summed E-state index contributed by atoms with van der Waals surface area (Å²) in [6.45, 7) is 9.70. The van der Waals surface area contributed by atoms with Crippen LogP contribution in [-0.2, 0) is 10.2 Å². The lowest BCUT2D eigenvalue weighted by molar-refractivity contribution is -0.109. The Labute approximate surface area is 167 Å². The van der Waals surface area contributed by atoms with Crippen LogP contribution in [0.25, 0.3) is 0 Å². The van der Waals surface area contributed by atoms with Gasteiger partial charge in [-0.1, -0.05) is 39.0 Å². The largest absolute Gasteiger partial charge is 0.497 e. The third kappa shape index (κ3) is 3.82. The van der Waals surface area contributed by atoms with Gasteiger partial charge in [-0.3, -0.25) is 4.90 Å². The van der Waals surface area contributed by atoms with Gasteiger partial charge in [0.2, 0.25) is 0 Å². The van der Waals surface area contributed by atoms with E-state index in [9.17, 15) is 0 Å². The fraction of sp³-hybridized carbons (Fsp3) is 0.478. The Morgan fingerprint density at radius 3 is 2.29 bits per heavy atom. The summed E-state index contributed by atoms with van der Waals surface area (Å²) in [4.78, 5) is 2.30. The maximum absolute atomic E-state index is 6.54. The van der Waals surface area contributed by atoms with Crippen molar-refractivity contribution in [2.75, 3.05) is 33.4 Å². The highest BCUT2D eigenvalue weighted by Gasteiger charge is 2.38. The SMILES string of the molecule is COc1ccc(C2Oc3cc(C(C)(C)C)ccc3OC2N2CCOCC2)cc1. The van der Waals surface area contributed by atoms with E-state index in [4.69, 9.17) is 18.9 Å². The van der Waals surface area contributed by atoms with Crippen molar-refractivity contribution < 1.29 is 18.9 Å². The quantitative estimate of drug-likeness (QED) is 0.796. The lowest BCUT2D eigenvalue weighted by atomic mass is 9.87. The molecule has 0 spiro atoms. The van der Waals surface area contributed by atoms with Gasteiger partial charge in [-0.05, 0) is 40.8 Å². The summed E-state index contributed by atoms with van der Waals surface area (Å²) in [6.07, 6.45) is -0.406. The first-order chi connectivity index (χ1) is 13.5. The van der Waals surface area contributed by atoms with E-state index in [2.05, 4.69) is 49.9 Å². The smallest absolute Gasteiger partial charge is 0.194 e. The van der Waals surface area contributed by atoms with Crippen molar-refractivity contribution in [3.63, 3.8) is 0 Å². The molecule has 0 saturated carbocycles. The van der Waals surface area contributed by atoms with E-state index in [0.717, 1.165) is 35.9 Å². The van der Waals surface area contributed by atoms with Crippen LogP contribution < -0.4 is 14.2 Å². The topological polar surface area (TPSA) is 40.2 Å². The molecule has 1 fully saturated rings. The number of methoxy groups -OCH3 is 1. The average Bonchev–Trinajstić information content (AvgIpc) is 2.72. The molecule has 0 aromatic heterocycles. The Kier molecular flexibility index (Phi) is 5.21. The molecular formula is C23H29NO4. The fourth-order valence-corrected chi connectivity index (χ4v) is 3.68. The first-order valence-electron chi connectivity index (χ1n) is 9.89. The monoisotopic (exact) mass is 383 g/mol. The maximum atomic E-state index is 6.54. The Morgan fingerprint density at radius 2 is 1.64 bits per heavy atom. The zero-order valence-electron chi connectivity index (χ0n) is 17.1. The Hall–Kier alpha value is -2.24. The molecule has 150 valence electrons. The summed E-state index contributed by atoms with van der Waals surface area (Å²) < 4.78 is 23.9. The van der Waals surface area contributed by atoms with Gasteiger partial charge in [-0.2, -0.15) is 0 Å². The molecule has 2 heterocycles. The van der Waals surface area contributed by atoms with E-state index in [1.807, 2.05) is 18.2 Å². The Morgan fingerprint density at radius 1 is 0.929 bits per heavy atom. The third-order valence-corrected chi connectivity index (χ3v) is 5.42. The minimum atomic E-state index is -0.216. The molecule has 2 aromatic rings. The van der Waals surface area contributed by atoms with Crippen LogP contribution in [0.5, 0.6) is 17.2 Å². The second-order valence-corrected chi connectivity index (χ2v) is 8.38. The number of benzene rings is 2. The number of ether oxygens (including phenoxy) is 4. The molecule has 2 atom stereocenters. The summed E-state index contributed by atoms with van der Waals surface area (Å²) in [5.74, 6) is 2.44. The van der Waals surface area contributed by atoms with Crippen LogP contribution in [-0.4, -0.2) is 44.5 Å². The van der Waals surface area contributed by atoms with Crippen molar-refractivity contribution in [1.29, 1.82) is 0 Å². The standard InChI is InChI=1S/C23H29NO4/c1-23(2,3)17-7-10-19-20(15-17)27-21(16-5-8-18(25-4)9-6-16)22(28-19)24-11-13-26-14-12-24/h5-10,15,21-22H,11-14H2,1-4H3. The Bertz CT molecular complexity index is 806. The van der Waals surface area contributed by atoms with Gasteiger partial charge in [-0.15, -0.1) is 0 Å². The summed E-state index contributed by atoms with van der Waals surface area (Å²) in [7, 11) is 1.68. The van der Waals surface area contributed by atoms with Crippen LogP contribution in [0.2, 0.25) is 0 Å². The van der Waals surface area contributed by atoms with E-state index >= 15 is 0 Å². The van der Waals surface area contributed by atoms with Gasteiger partial charge in [0, 0.05) is 13.1 Å². The first-order valence-corrected chi connectivity index (χ1v) is 9.89. The zero-order valence-corrected chi connectivity index (χ0v) is 17.1. The van der Waals surface area contributed by atoms with E-state index in [1.165, 1.54) is 5.56 Å². The van der Waals surface area contributed by atoms with Crippen molar-refractivity contribution >= 4 is 0 Å². The second-order valence-electron chi connectivity index (χ2n) is 8.38. The van der Waals surface area contributed by atoms with Gasteiger partial charge in [0.1, 0.15) is 5.75 Å². The number of rotatable bonds is 3. The van der Waals surface area contributed by atoms with E-state index in [1.54, 1.807) is 7.11 Å². The summed E-state index contributed by atoms with van der Waals surface area (Å²) in [5.41, 5.74) is 2.35. The van der Waals surface area contributed by atoms with E-state index in [0.29, 0.717) is 13.2 Å². The highest BCUT2D eigenvalue weighted by molar-refractivity contribution is 5.47. The second kappa shape index (κ2) is 7.64. The third-order valence-electron chi connectivity index (χ3n) is 5.42.